The van der Waals surface area contributed by atoms with Crippen LogP contribution in [-0.2, 0) is 13.0 Å². The Balaban J connectivity index is 0.00000200. The number of nitrogens with one attached hydrogen (secondary N) is 2. The average Bonchev–Trinajstić information content (AvgIpc) is 3.05. The first-order valence-corrected chi connectivity index (χ1v) is 8.53. The zero-order chi connectivity index (χ0) is 13.5. The molecule has 0 amide bonds. The molecule has 0 saturated carbocycles. The van der Waals surface area contributed by atoms with Crippen LogP contribution in [0.25, 0.3) is 0 Å². The van der Waals surface area contributed by atoms with Gasteiger partial charge in [0, 0.05) is 25.0 Å². The number of hydrogen-bond acceptors (Lipinski definition) is 3. The number of hydrogen-bond donors (Lipinski definition) is 2. The van der Waals surface area contributed by atoms with Crippen molar-refractivity contribution in [2.24, 2.45) is 4.99 Å². The van der Waals surface area contributed by atoms with Crippen molar-refractivity contribution >= 4 is 68.5 Å². The minimum Gasteiger partial charge on any atom is -0.356 e. The summed E-state index contributed by atoms with van der Waals surface area (Å²) in [6.45, 7) is 1.70. The predicted octanol–water partition coefficient (Wildman–Crippen LogP) is 4.10. The molecule has 2 aromatic rings. The fourth-order valence-corrected chi connectivity index (χ4v) is 3.74. The third-order valence-corrected chi connectivity index (χ3v) is 4.97. The number of guanidine groups is 1. The highest BCUT2D eigenvalue weighted by atomic mass is 127. The molecule has 3 nitrogen and oxygen atoms in total. The van der Waals surface area contributed by atoms with Crippen molar-refractivity contribution in [3.8, 4) is 0 Å². The molecule has 0 saturated heterocycles. The van der Waals surface area contributed by atoms with E-state index >= 15 is 0 Å². The Hall–Kier alpha value is -0.120. The molecular formula is C13H17BrIN3S2. The average molecular weight is 486 g/mol. The molecule has 0 aromatic carbocycles. The highest BCUT2D eigenvalue weighted by molar-refractivity contribution is 14.0. The van der Waals surface area contributed by atoms with Crippen molar-refractivity contribution in [3.63, 3.8) is 0 Å². The van der Waals surface area contributed by atoms with Crippen molar-refractivity contribution in [3.05, 3.63) is 43.2 Å². The Morgan fingerprint density at radius 1 is 1.30 bits per heavy atom. The van der Waals surface area contributed by atoms with Crippen LogP contribution in [0.5, 0.6) is 0 Å². The molecule has 110 valence electrons. The van der Waals surface area contributed by atoms with Crippen molar-refractivity contribution < 1.29 is 0 Å². The molecule has 2 heterocycles. The lowest BCUT2D eigenvalue weighted by molar-refractivity contribution is 0.800. The summed E-state index contributed by atoms with van der Waals surface area (Å²) in [5.74, 6) is 0.849. The second-order valence-corrected chi connectivity index (χ2v) is 7.27. The van der Waals surface area contributed by atoms with Crippen LogP contribution >= 0.6 is 62.6 Å². The second-order valence-electron chi connectivity index (χ2n) is 3.94. The first kappa shape index (κ1) is 17.9. The van der Waals surface area contributed by atoms with Crippen LogP contribution in [0, 0.1) is 0 Å². The van der Waals surface area contributed by atoms with Crippen LogP contribution in [0.1, 0.15) is 10.4 Å². The summed E-state index contributed by atoms with van der Waals surface area (Å²) in [4.78, 5) is 5.58. The maximum absolute atomic E-state index is 4.22. The summed E-state index contributed by atoms with van der Waals surface area (Å²) in [5.41, 5.74) is 1.29. The highest BCUT2D eigenvalue weighted by Crippen LogP contribution is 2.21. The van der Waals surface area contributed by atoms with E-state index in [2.05, 4.69) is 60.5 Å². The van der Waals surface area contributed by atoms with Crippen molar-refractivity contribution in [2.75, 3.05) is 13.6 Å². The first-order chi connectivity index (χ1) is 9.28. The Bertz CT molecular complexity index is 525. The van der Waals surface area contributed by atoms with Gasteiger partial charge in [0.15, 0.2) is 5.96 Å². The van der Waals surface area contributed by atoms with E-state index < -0.39 is 0 Å². The molecule has 7 heteroatoms. The molecule has 0 fully saturated rings. The molecule has 0 aliphatic carbocycles. The van der Waals surface area contributed by atoms with Gasteiger partial charge in [0.1, 0.15) is 0 Å². The summed E-state index contributed by atoms with van der Waals surface area (Å²) in [6, 6.07) is 6.36. The van der Waals surface area contributed by atoms with Gasteiger partial charge in [-0.1, -0.05) is 0 Å². The van der Waals surface area contributed by atoms with Gasteiger partial charge in [-0.05, 0) is 56.9 Å². The number of nitrogens with zero attached hydrogens (tertiary/aromatic N) is 1. The second kappa shape index (κ2) is 9.75. The van der Waals surface area contributed by atoms with Crippen molar-refractivity contribution in [1.29, 1.82) is 0 Å². The molecule has 0 bridgehead atoms. The smallest absolute Gasteiger partial charge is 0.191 e. The van der Waals surface area contributed by atoms with Crippen LogP contribution < -0.4 is 10.6 Å². The van der Waals surface area contributed by atoms with Crippen molar-refractivity contribution in [1.82, 2.24) is 10.6 Å². The summed E-state index contributed by atoms with van der Waals surface area (Å²) in [7, 11) is 1.80. The fraction of sp³-hybridized carbons (Fsp3) is 0.308. The van der Waals surface area contributed by atoms with Gasteiger partial charge in [-0.25, -0.2) is 0 Å². The SMILES string of the molecule is CN=C(NCCc1ccc(Br)s1)NCc1ccsc1.I. The summed E-state index contributed by atoms with van der Waals surface area (Å²) in [5, 5.41) is 10.9. The van der Waals surface area contributed by atoms with Crippen LogP contribution in [0.4, 0.5) is 0 Å². The Kier molecular flexibility index (Phi) is 8.74. The quantitative estimate of drug-likeness (QED) is 0.380. The number of halogens is 2. The summed E-state index contributed by atoms with van der Waals surface area (Å²) in [6.07, 6.45) is 1.01. The standard InChI is InChI=1S/C13H16BrN3S2.HI/c1-15-13(17-8-10-5-7-18-9-10)16-6-4-11-2-3-12(14)19-11;/h2-3,5,7,9H,4,6,8H2,1H3,(H2,15,16,17);1H. The molecule has 0 spiro atoms. The lowest BCUT2D eigenvalue weighted by atomic mass is 10.3. The van der Waals surface area contributed by atoms with Gasteiger partial charge in [0.2, 0.25) is 0 Å². The Morgan fingerprint density at radius 2 is 2.15 bits per heavy atom. The van der Waals surface area contributed by atoms with E-state index in [1.54, 1.807) is 29.7 Å². The number of thiophene rings is 2. The third kappa shape index (κ3) is 6.11. The van der Waals surface area contributed by atoms with Gasteiger partial charge < -0.3 is 10.6 Å². The van der Waals surface area contributed by atoms with Gasteiger partial charge in [0.25, 0.3) is 0 Å². The Morgan fingerprint density at radius 3 is 2.75 bits per heavy atom. The minimum absolute atomic E-state index is 0. The van der Waals surface area contributed by atoms with Gasteiger partial charge in [-0.3, -0.25) is 4.99 Å². The van der Waals surface area contributed by atoms with E-state index in [1.165, 1.54) is 14.2 Å². The molecule has 2 aromatic heterocycles. The molecule has 0 aliphatic rings. The zero-order valence-electron chi connectivity index (χ0n) is 11.1. The normalized spacial score (nSPS) is 11.0. The first-order valence-electron chi connectivity index (χ1n) is 5.98. The Labute approximate surface area is 153 Å². The minimum atomic E-state index is 0. The predicted molar refractivity (Wildman–Crippen MR) is 104 cm³/mol. The highest BCUT2D eigenvalue weighted by Gasteiger charge is 2.00. The lowest BCUT2D eigenvalue weighted by Crippen LogP contribution is -2.37. The van der Waals surface area contributed by atoms with Gasteiger partial charge >= 0.3 is 0 Å². The zero-order valence-corrected chi connectivity index (χ0v) is 16.6. The monoisotopic (exact) mass is 485 g/mol. The van der Waals surface area contributed by atoms with E-state index in [9.17, 15) is 0 Å². The van der Waals surface area contributed by atoms with E-state index in [1.807, 2.05) is 0 Å². The summed E-state index contributed by atoms with van der Waals surface area (Å²) < 4.78 is 1.18. The molecule has 0 atom stereocenters. The van der Waals surface area contributed by atoms with Crippen LogP contribution in [0.2, 0.25) is 0 Å². The topological polar surface area (TPSA) is 36.4 Å². The number of rotatable bonds is 5. The molecule has 0 unspecified atom stereocenters. The number of aliphatic imine (C=N–C) groups is 1. The fourth-order valence-electron chi connectivity index (χ4n) is 1.59. The van der Waals surface area contributed by atoms with Gasteiger partial charge in [-0.2, -0.15) is 11.3 Å². The van der Waals surface area contributed by atoms with Gasteiger partial charge in [-0.15, -0.1) is 35.3 Å². The molecule has 20 heavy (non-hydrogen) atoms. The van der Waals surface area contributed by atoms with E-state index in [-0.39, 0.29) is 24.0 Å². The van der Waals surface area contributed by atoms with Crippen LogP contribution in [-0.4, -0.2) is 19.6 Å². The maximum atomic E-state index is 4.22. The van der Waals surface area contributed by atoms with Gasteiger partial charge in [0.05, 0.1) is 3.79 Å². The molecular weight excluding hydrogens is 469 g/mol. The molecule has 0 radical (unpaired) electrons. The van der Waals surface area contributed by atoms with Crippen LogP contribution in [0.3, 0.4) is 0 Å². The largest absolute Gasteiger partial charge is 0.356 e. The maximum Gasteiger partial charge on any atom is 0.191 e. The lowest BCUT2D eigenvalue weighted by Gasteiger charge is -2.10. The summed E-state index contributed by atoms with van der Waals surface area (Å²) >= 11 is 6.97. The molecule has 0 aliphatic heterocycles. The van der Waals surface area contributed by atoms with Crippen molar-refractivity contribution in [2.45, 2.75) is 13.0 Å². The third-order valence-electron chi connectivity index (χ3n) is 2.56. The van der Waals surface area contributed by atoms with E-state index in [4.69, 9.17) is 0 Å². The van der Waals surface area contributed by atoms with E-state index in [0.29, 0.717) is 0 Å². The molecule has 2 rings (SSSR count). The van der Waals surface area contributed by atoms with E-state index in [0.717, 1.165) is 25.5 Å². The molecule has 2 N–H and O–H groups in total. The van der Waals surface area contributed by atoms with Crippen LogP contribution in [0.15, 0.2) is 37.7 Å².